The Morgan fingerprint density at radius 2 is 2.12 bits per heavy atom. The van der Waals surface area contributed by atoms with Crippen molar-refractivity contribution >= 4 is 35.2 Å². The number of ketones is 1. The SMILES string of the molecule is O=C1NC(C(=O)O)C2CCN(CC3=CC(Cl)C(F)C=C3)C(=O)C2C1=O. The van der Waals surface area contributed by atoms with Crippen molar-refractivity contribution in [3.05, 3.63) is 23.8 Å². The highest BCUT2D eigenvalue weighted by atomic mass is 35.5. The molecule has 2 N–H and O–H groups in total. The average Bonchev–Trinajstić information content (AvgIpc) is 2.56. The van der Waals surface area contributed by atoms with Crippen LogP contribution in [0.4, 0.5) is 4.39 Å². The number of fused-ring (bicyclic) bond motifs is 1. The van der Waals surface area contributed by atoms with Crippen molar-refractivity contribution < 1.29 is 28.7 Å². The van der Waals surface area contributed by atoms with Gasteiger partial charge in [0.25, 0.3) is 5.91 Å². The molecule has 3 rings (SSSR count). The monoisotopic (exact) mass is 370 g/mol. The largest absolute Gasteiger partial charge is 0.480 e. The third-order valence-electron chi connectivity index (χ3n) is 4.77. The maximum atomic E-state index is 13.4. The number of aliphatic carboxylic acids is 1. The second-order valence-corrected chi connectivity index (χ2v) is 6.84. The van der Waals surface area contributed by atoms with Gasteiger partial charge in [-0.25, -0.2) is 9.18 Å². The van der Waals surface area contributed by atoms with Gasteiger partial charge < -0.3 is 15.3 Å². The minimum absolute atomic E-state index is 0.126. The van der Waals surface area contributed by atoms with Crippen LogP contribution in [0.25, 0.3) is 0 Å². The molecule has 0 aromatic carbocycles. The van der Waals surface area contributed by atoms with Crippen molar-refractivity contribution in [2.45, 2.75) is 24.0 Å². The average molecular weight is 371 g/mol. The van der Waals surface area contributed by atoms with Crippen molar-refractivity contribution in [3.8, 4) is 0 Å². The maximum absolute atomic E-state index is 13.4. The van der Waals surface area contributed by atoms with E-state index in [9.17, 15) is 28.7 Å². The van der Waals surface area contributed by atoms with Gasteiger partial charge in [-0.05, 0) is 18.1 Å². The minimum Gasteiger partial charge on any atom is -0.480 e. The van der Waals surface area contributed by atoms with Gasteiger partial charge in [0.05, 0.1) is 5.38 Å². The molecule has 25 heavy (non-hydrogen) atoms. The molecule has 5 unspecified atom stereocenters. The Hall–Kier alpha value is -2.22. The molecule has 1 aliphatic carbocycles. The lowest BCUT2D eigenvalue weighted by molar-refractivity contribution is -0.161. The Morgan fingerprint density at radius 1 is 1.40 bits per heavy atom. The molecule has 0 aromatic heterocycles. The van der Waals surface area contributed by atoms with E-state index in [1.165, 1.54) is 23.1 Å². The zero-order valence-corrected chi connectivity index (χ0v) is 13.8. The molecular formula is C16H16ClFN2O5. The third-order valence-corrected chi connectivity index (χ3v) is 5.14. The van der Waals surface area contributed by atoms with Gasteiger partial charge in [-0.1, -0.05) is 12.2 Å². The van der Waals surface area contributed by atoms with E-state index < -0.39 is 53.0 Å². The second kappa shape index (κ2) is 6.59. The lowest BCUT2D eigenvalue weighted by atomic mass is 9.74. The molecule has 9 heteroatoms. The van der Waals surface area contributed by atoms with E-state index in [1.54, 1.807) is 0 Å². The van der Waals surface area contributed by atoms with Gasteiger partial charge in [-0.2, -0.15) is 0 Å². The molecule has 2 amide bonds. The molecule has 2 fully saturated rings. The predicted octanol–water partition coefficient (Wildman–Crippen LogP) is 0.0449. The van der Waals surface area contributed by atoms with Gasteiger partial charge in [-0.15, -0.1) is 11.6 Å². The zero-order valence-electron chi connectivity index (χ0n) is 13.0. The summed E-state index contributed by atoms with van der Waals surface area (Å²) in [6.45, 7) is 0.366. The van der Waals surface area contributed by atoms with E-state index in [1.807, 2.05) is 0 Å². The standard InChI is InChI=1S/C16H16ClFN2O5/c17-9-5-7(1-2-10(9)18)6-20-4-3-8-11(15(20)23)13(21)14(22)19-12(8)16(24)25/h1-2,5,8-12H,3-4,6H2,(H,19,22)(H,24,25). The molecule has 0 aromatic rings. The number of Topliss-reactive ketones (excluding diaryl/α,β-unsaturated/α-hetero) is 1. The molecule has 0 radical (unpaired) electrons. The molecule has 134 valence electrons. The van der Waals surface area contributed by atoms with E-state index >= 15 is 0 Å². The molecule has 0 spiro atoms. The number of nitrogens with one attached hydrogen (secondary N) is 1. The Bertz CT molecular complexity index is 707. The van der Waals surface area contributed by atoms with Crippen LogP contribution in [0.3, 0.4) is 0 Å². The van der Waals surface area contributed by atoms with Crippen LogP contribution in [0.5, 0.6) is 0 Å². The molecule has 0 bridgehead atoms. The topological polar surface area (TPSA) is 104 Å². The summed E-state index contributed by atoms with van der Waals surface area (Å²) in [6, 6.07) is -1.25. The fourth-order valence-corrected chi connectivity index (χ4v) is 3.74. The summed E-state index contributed by atoms with van der Waals surface area (Å²) in [5.41, 5.74) is 0.628. The normalized spacial score (nSPS) is 35.1. The van der Waals surface area contributed by atoms with Gasteiger partial charge in [0.2, 0.25) is 11.7 Å². The lowest BCUT2D eigenvalue weighted by Gasteiger charge is -2.42. The summed E-state index contributed by atoms with van der Waals surface area (Å²) in [6.07, 6.45) is 3.29. The number of carbonyl (C=O) groups is 4. The first-order valence-electron chi connectivity index (χ1n) is 7.83. The first-order chi connectivity index (χ1) is 11.8. The van der Waals surface area contributed by atoms with Gasteiger partial charge in [0.15, 0.2) is 0 Å². The highest BCUT2D eigenvalue weighted by molar-refractivity contribution is 6.41. The lowest BCUT2D eigenvalue weighted by Crippen LogP contribution is -2.64. The summed E-state index contributed by atoms with van der Waals surface area (Å²) >= 11 is 5.84. The molecular weight excluding hydrogens is 355 g/mol. The molecule has 5 atom stereocenters. The predicted molar refractivity (Wildman–Crippen MR) is 84.5 cm³/mol. The van der Waals surface area contributed by atoms with Crippen LogP contribution in [0.15, 0.2) is 23.8 Å². The smallest absolute Gasteiger partial charge is 0.326 e. The summed E-state index contributed by atoms with van der Waals surface area (Å²) in [4.78, 5) is 49.2. The quantitative estimate of drug-likeness (QED) is 0.415. The molecule has 2 saturated heterocycles. The van der Waals surface area contributed by atoms with Crippen molar-refractivity contribution in [1.82, 2.24) is 10.2 Å². The van der Waals surface area contributed by atoms with E-state index in [2.05, 4.69) is 5.32 Å². The molecule has 0 saturated carbocycles. The number of piperidine rings is 2. The first kappa shape index (κ1) is 17.6. The molecule has 3 aliphatic rings. The molecule has 7 nitrogen and oxygen atoms in total. The number of likely N-dealkylation sites (tertiary alicyclic amines) is 1. The van der Waals surface area contributed by atoms with Crippen molar-refractivity contribution in [1.29, 1.82) is 0 Å². The molecule has 2 heterocycles. The van der Waals surface area contributed by atoms with E-state index in [-0.39, 0.29) is 19.5 Å². The highest BCUT2D eigenvalue weighted by Gasteiger charge is 2.52. The maximum Gasteiger partial charge on any atom is 0.326 e. The number of alkyl halides is 2. The van der Waals surface area contributed by atoms with Crippen molar-refractivity contribution in [3.63, 3.8) is 0 Å². The van der Waals surface area contributed by atoms with Crippen molar-refractivity contribution in [2.75, 3.05) is 13.1 Å². The van der Waals surface area contributed by atoms with Gasteiger partial charge >= 0.3 is 5.97 Å². The van der Waals surface area contributed by atoms with Crippen molar-refractivity contribution in [2.24, 2.45) is 11.8 Å². The number of hydrogen-bond acceptors (Lipinski definition) is 4. The number of hydrogen-bond donors (Lipinski definition) is 2. The summed E-state index contributed by atoms with van der Waals surface area (Å²) < 4.78 is 13.4. The number of amides is 2. The fourth-order valence-electron chi connectivity index (χ4n) is 3.49. The Labute approximate surface area is 147 Å². The fraction of sp³-hybridized carbons (Fsp3) is 0.500. The van der Waals surface area contributed by atoms with Gasteiger partial charge in [0, 0.05) is 19.0 Å². The Morgan fingerprint density at radius 3 is 2.76 bits per heavy atom. The van der Waals surface area contributed by atoms with Crippen LogP contribution >= 0.6 is 11.6 Å². The summed E-state index contributed by atoms with van der Waals surface area (Å²) in [5, 5.41) is 10.6. The Kier molecular flexibility index (Phi) is 4.64. The molecule has 2 aliphatic heterocycles. The van der Waals surface area contributed by atoms with E-state index in [0.717, 1.165) is 0 Å². The number of halogens is 2. The van der Waals surface area contributed by atoms with Crippen LogP contribution in [0.1, 0.15) is 6.42 Å². The first-order valence-corrected chi connectivity index (χ1v) is 8.26. The highest BCUT2D eigenvalue weighted by Crippen LogP contribution is 2.32. The van der Waals surface area contributed by atoms with Crippen LogP contribution in [0.2, 0.25) is 0 Å². The number of nitrogens with zero attached hydrogens (tertiary/aromatic N) is 1. The number of carboxylic acid groups (broad SMARTS) is 1. The number of rotatable bonds is 3. The summed E-state index contributed by atoms with van der Waals surface area (Å²) in [5.74, 6) is -5.87. The number of carboxylic acids is 1. The number of carbonyl (C=O) groups excluding carboxylic acids is 3. The van der Waals surface area contributed by atoms with E-state index in [0.29, 0.717) is 5.57 Å². The van der Waals surface area contributed by atoms with Crippen LogP contribution in [-0.2, 0) is 19.2 Å². The third kappa shape index (κ3) is 3.18. The number of allylic oxidation sites excluding steroid dienone is 2. The Balaban J connectivity index is 1.79. The van der Waals surface area contributed by atoms with Gasteiger partial charge in [0.1, 0.15) is 18.1 Å². The van der Waals surface area contributed by atoms with Crippen LogP contribution < -0.4 is 5.32 Å². The van der Waals surface area contributed by atoms with Crippen LogP contribution in [-0.4, -0.2) is 64.3 Å². The van der Waals surface area contributed by atoms with E-state index in [4.69, 9.17) is 11.6 Å². The van der Waals surface area contributed by atoms with Gasteiger partial charge in [-0.3, -0.25) is 14.4 Å². The van der Waals surface area contributed by atoms with Crippen LogP contribution in [0, 0.1) is 11.8 Å². The minimum atomic E-state index is -1.30. The summed E-state index contributed by atoms with van der Waals surface area (Å²) in [7, 11) is 0. The second-order valence-electron chi connectivity index (χ2n) is 6.33. The zero-order chi connectivity index (χ0) is 18.3.